The molecule has 0 saturated heterocycles. The minimum atomic E-state index is -0.381. The van der Waals surface area contributed by atoms with E-state index >= 15 is 0 Å². The number of amides is 1. The van der Waals surface area contributed by atoms with Crippen molar-refractivity contribution in [1.82, 2.24) is 9.55 Å². The van der Waals surface area contributed by atoms with Gasteiger partial charge in [0.05, 0.1) is 16.2 Å². The van der Waals surface area contributed by atoms with E-state index in [0.717, 1.165) is 30.5 Å². The Morgan fingerprint density at radius 2 is 1.87 bits per heavy atom. The first-order valence-electron chi connectivity index (χ1n) is 10.6. The van der Waals surface area contributed by atoms with Crippen molar-refractivity contribution in [1.29, 1.82) is 0 Å². The molecule has 0 bridgehead atoms. The summed E-state index contributed by atoms with van der Waals surface area (Å²) in [6.07, 6.45) is 2.97. The molecule has 0 radical (unpaired) electrons. The molecule has 1 saturated carbocycles. The number of nitrogens with one attached hydrogen (secondary N) is 1. The smallest absolute Gasteiger partial charge is 0.262 e. The maximum absolute atomic E-state index is 13.0. The van der Waals surface area contributed by atoms with E-state index in [9.17, 15) is 9.59 Å². The van der Waals surface area contributed by atoms with E-state index in [-0.39, 0.29) is 22.8 Å². The molecule has 6 heteroatoms. The van der Waals surface area contributed by atoms with Crippen molar-refractivity contribution in [2.45, 2.75) is 62.4 Å². The van der Waals surface area contributed by atoms with Crippen molar-refractivity contribution in [3.8, 4) is 0 Å². The number of para-hydroxylation sites is 2. The van der Waals surface area contributed by atoms with Gasteiger partial charge in [-0.2, -0.15) is 0 Å². The van der Waals surface area contributed by atoms with Gasteiger partial charge in [0.2, 0.25) is 5.91 Å². The number of carbonyl (C=O) groups is 1. The number of hydrogen-bond acceptors (Lipinski definition) is 4. The molecular formula is C24H27N3O2S. The van der Waals surface area contributed by atoms with E-state index < -0.39 is 0 Å². The van der Waals surface area contributed by atoms with Crippen molar-refractivity contribution in [2.24, 2.45) is 0 Å². The molecule has 1 N–H and O–H groups in total. The lowest BCUT2D eigenvalue weighted by Crippen LogP contribution is -2.27. The second-order valence-electron chi connectivity index (χ2n) is 7.96. The van der Waals surface area contributed by atoms with Gasteiger partial charge in [0, 0.05) is 11.7 Å². The van der Waals surface area contributed by atoms with Crippen LogP contribution in [0.1, 0.15) is 57.6 Å². The molecule has 1 aliphatic carbocycles. The highest BCUT2D eigenvalue weighted by atomic mass is 32.2. The predicted molar refractivity (Wildman–Crippen MR) is 123 cm³/mol. The third-order valence-electron chi connectivity index (χ3n) is 5.70. The lowest BCUT2D eigenvalue weighted by molar-refractivity contribution is -0.115. The highest BCUT2D eigenvalue weighted by Crippen LogP contribution is 2.38. The molecule has 1 heterocycles. The van der Waals surface area contributed by atoms with Gasteiger partial charge in [0.1, 0.15) is 0 Å². The van der Waals surface area contributed by atoms with E-state index in [4.69, 9.17) is 4.98 Å². The number of thioether (sulfide) groups is 1. The standard InChI is InChI=1S/C24H27N3O2S/c1-4-15(2)18-9-5-7-11-20(18)25-22(28)16(3)30-24-26-21-12-8-6-10-19(21)23(29)27(24)17-13-14-17/h5-12,15-17H,4,13-14H2,1-3H3,(H,25,28)/t15-,16-/m0/s1. The van der Waals surface area contributed by atoms with E-state index in [1.807, 2.05) is 49.4 Å². The first-order valence-corrected chi connectivity index (χ1v) is 11.4. The third-order valence-corrected chi connectivity index (χ3v) is 6.77. The first-order chi connectivity index (χ1) is 14.5. The average molecular weight is 422 g/mol. The number of hydrogen-bond donors (Lipinski definition) is 1. The number of aromatic nitrogens is 2. The number of carbonyl (C=O) groups excluding carboxylic acids is 1. The Kier molecular flexibility index (Phi) is 5.95. The van der Waals surface area contributed by atoms with Crippen LogP contribution in [0.25, 0.3) is 10.9 Å². The number of benzene rings is 2. The molecule has 1 aliphatic rings. The Morgan fingerprint density at radius 3 is 2.60 bits per heavy atom. The lowest BCUT2D eigenvalue weighted by atomic mass is 9.97. The van der Waals surface area contributed by atoms with Crippen LogP contribution in [0.4, 0.5) is 5.69 Å². The monoisotopic (exact) mass is 421 g/mol. The molecule has 1 fully saturated rings. The fourth-order valence-corrected chi connectivity index (χ4v) is 4.55. The summed E-state index contributed by atoms with van der Waals surface area (Å²) in [5.74, 6) is 0.284. The molecule has 1 amide bonds. The van der Waals surface area contributed by atoms with Crippen molar-refractivity contribution < 1.29 is 4.79 Å². The minimum Gasteiger partial charge on any atom is -0.325 e. The zero-order chi connectivity index (χ0) is 21.3. The molecule has 1 aromatic heterocycles. The second-order valence-corrected chi connectivity index (χ2v) is 9.27. The quantitative estimate of drug-likeness (QED) is 0.412. The van der Waals surface area contributed by atoms with Crippen LogP contribution >= 0.6 is 11.8 Å². The molecule has 30 heavy (non-hydrogen) atoms. The molecular weight excluding hydrogens is 394 g/mol. The fraction of sp³-hybridized carbons (Fsp3) is 0.375. The van der Waals surface area contributed by atoms with Crippen LogP contribution in [0.3, 0.4) is 0 Å². The van der Waals surface area contributed by atoms with Gasteiger partial charge >= 0.3 is 0 Å². The normalized spacial score (nSPS) is 15.7. The average Bonchev–Trinajstić information content (AvgIpc) is 3.58. The summed E-state index contributed by atoms with van der Waals surface area (Å²) >= 11 is 1.35. The van der Waals surface area contributed by atoms with Gasteiger partial charge in [-0.1, -0.05) is 55.9 Å². The van der Waals surface area contributed by atoms with Crippen molar-refractivity contribution in [3.63, 3.8) is 0 Å². The highest BCUT2D eigenvalue weighted by molar-refractivity contribution is 8.00. The third kappa shape index (κ3) is 4.15. The Bertz CT molecular complexity index is 1140. The van der Waals surface area contributed by atoms with Crippen molar-refractivity contribution in [3.05, 3.63) is 64.4 Å². The van der Waals surface area contributed by atoms with Crippen molar-refractivity contribution >= 4 is 34.3 Å². The Morgan fingerprint density at radius 1 is 1.17 bits per heavy atom. The summed E-state index contributed by atoms with van der Waals surface area (Å²) in [7, 11) is 0. The molecule has 0 spiro atoms. The Labute approximate surface area is 180 Å². The predicted octanol–water partition coefficient (Wildman–Crippen LogP) is 5.36. The second kappa shape index (κ2) is 8.64. The van der Waals surface area contributed by atoms with Crippen LogP contribution in [0.2, 0.25) is 0 Å². The van der Waals surface area contributed by atoms with Crippen molar-refractivity contribution in [2.75, 3.05) is 5.32 Å². The van der Waals surface area contributed by atoms with Crippen LogP contribution in [0.15, 0.2) is 58.5 Å². The van der Waals surface area contributed by atoms with Gasteiger partial charge in [0.25, 0.3) is 5.56 Å². The molecule has 0 aliphatic heterocycles. The van der Waals surface area contributed by atoms with E-state index in [2.05, 4.69) is 25.2 Å². The molecule has 3 aromatic rings. The van der Waals surface area contributed by atoms with E-state index in [1.165, 1.54) is 11.8 Å². The molecule has 2 atom stereocenters. The summed E-state index contributed by atoms with van der Waals surface area (Å²) in [5, 5.41) is 3.96. The van der Waals surface area contributed by atoms with Crippen LogP contribution in [-0.2, 0) is 4.79 Å². The molecule has 0 unspecified atom stereocenters. The number of fused-ring (bicyclic) bond motifs is 1. The van der Waals surface area contributed by atoms with Gasteiger partial charge in [0.15, 0.2) is 5.16 Å². The molecule has 2 aromatic carbocycles. The largest absolute Gasteiger partial charge is 0.325 e. The Balaban J connectivity index is 1.59. The SMILES string of the molecule is CC[C@H](C)c1ccccc1NC(=O)[C@H](C)Sc1nc2ccccc2c(=O)n1C1CC1. The van der Waals surface area contributed by atoms with Crippen LogP contribution in [0.5, 0.6) is 0 Å². The molecule has 5 nitrogen and oxygen atoms in total. The van der Waals surface area contributed by atoms with Crippen LogP contribution in [0, 0.1) is 0 Å². The van der Waals surface area contributed by atoms with Gasteiger partial charge in [-0.3, -0.25) is 14.2 Å². The highest BCUT2D eigenvalue weighted by Gasteiger charge is 2.30. The number of anilines is 1. The summed E-state index contributed by atoms with van der Waals surface area (Å²) in [6.45, 7) is 6.17. The van der Waals surface area contributed by atoms with E-state index in [1.54, 1.807) is 4.57 Å². The Hall–Kier alpha value is -2.60. The van der Waals surface area contributed by atoms with E-state index in [0.29, 0.717) is 22.0 Å². The van der Waals surface area contributed by atoms with Crippen LogP contribution < -0.4 is 10.9 Å². The molecule has 4 rings (SSSR count). The zero-order valence-electron chi connectivity index (χ0n) is 17.6. The summed E-state index contributed by atoms with van der Waals surface area (Å²) in [5.41, 5.74) is 2.66. The lowest BCUT2D eigenvalue weighted by Gasteiger charge is -2.19. The van der Waals surface area contributed by atoms with Gasteiger partial charge in [-0.05, 0) is 55.9 Å². The zero-order valence-corrected chi connectivity index (χ0v) is 18.4. The summed E-state index contributed by atoms with van der Waals surface area (Å²) < 4.78 is 1.78. The van der Waals surface area contributed by atoms with Crippen LogP contribution in [-0.4, -0.2) is 20.7 Å². The fourth-order valence-electron chi connectivity index (χ4n) is 3.57. The first kappa shape index (κ1) is 20.7. The molecule has 156 valence electrons. The maximum atomic E-state index is 13.0. The van der Waals surface area contributed by atoms with Gasteiger partial charge < -0.3 is 5.32 Å². The maximum Gasteiger partial charge on any atom is 0.262 e. The number of rotatable bonds is 7. The minimum absolute atomic E-state index is 0.0136. The van der Waals surface area contributed by atoms with Gasteiger partial charge in [-0.25, -0.2) is 4.98 Å². The number of nitrogens with zero attached hydrogens (tertiary/aromatic N) is 2. The topological polar surface area (TPSA) is 64.0 Å². The summed E-state index contributed by atoms with van der Waals surface area (Å²) in [6, 6.07) is 15.6. The van der Waals surface area contributed by atoms with Gasteiger partial charge in [-0.15, -0.1) is 0 Å². The summed E-state index contributed by atoms with van der Waals surface area (Å²) in [4.78, 5) is 30.7.